The second kappa shape index (κ2) is 31.5. The molecule has 0 unspecified atom stereocenters. The summed E-state index contributed by atoms with van der Waals surface area (Å²) in [5.74, 6) is -1.06. The van der Waals surface area contributed by atoms with Gasteiger partial charge in [0.15, 0.2) is 44.0 Å². The fourth-order valence-electron chi connectivity index (χ4n) is 13.5. The van der Waals surface area contributed by atoms with Crippen LogP contribution in [0.15, 0.2) is 33.9 Å². The Morgan fingerprint density at radius 3 is 0.970 bits per heavy atom. The van der Waals surface area contributed by atoms with Gasteiger partial charge in [0, 0.05) is 20.1 Å². The van der Waals surface area contributed by atoms with Gasteiger partial charge in [0.25, 0.3) is 5.56 Å². The lowest BCUT2D eigenvalue weighted by Crippen LogP contribution is -2.68. The molecule has 0 saturated carbocycles. The Kier molecular flexibility index (Phi) is 24.1. The Labute approximate surface area is 558 Å². The van der Waals surface area contributed by atoms with Gasteiger partial charge in [-0.05, 0) is 19.1 Å². The number of amides is 1. The van der Waals surface area contributed by atoms with Crippen LogP contribution in [0.4, 0.5) is 22.9 Å². The molecule has 22 aliphatic heterocycles. The van der Waals surface area contributed by atoms with Gasteiger partial charge in [-0.3, -0.25) is 18.7 Å². The number of aliphatic hydroxyl groups is 20. The van der Waals surface area contributed by atoms with Crippen LogP contribution in [-0.4, -0.2) is 385 Å². The summed E-state index contributed by atoms with van der Waals surface area (Å²) in [6, 6.07) is 6.80. The molecule has 0 aliphatic carbocycles. The summed E-state index contributed by atoms with van der Waals surface area (Å²) < 4.78 is 83.3. The molecule has 35 atom stereocenters. The molecule has 22 N–H and O–H groups in total. The van der Waals surface area contributed by atoms with Gasteiger partial charge in [0.1, 0.15) is 189 Å². The summed E-state index contributed by atoms with van der Waals surface area (Å²) in [4.78, 5) is 43.4. The Hall–Kier alpha value is -4.39. The smallest absolute Gasteiger partial charge is 0.332 e. The monoisotopic (exact) mass is 1430 g/mol. The van der Waals surface area contributed by atoms with Crippen molar-refractivity contribution in [3.63, 3.8) is 0 Å². The van der Waals surface area contributed by atoms with Crippen LogP contribution >= 0.6 is 0 Å². The van der Waals surface area contributed by atoms with Crippen molar-refractivity contribution in [2.75, 3.05) is 62.9 Å². The molecule has 99 heavy (non-hydrogen) atoms. The van der Waals surface area contributed by atoms with Crippen molar-refractivity contribution in [1.29, 1.82) is 0 Å². The van der Waals surface area contributed by atoms with Crippen LogP contribution < -0.4 is 26.8 Å². The van der Waals surface area contributed by atoms with Crippen LogP contribution in [0.2, 0.25) is 0 Å². The van der Waals surface area contributed by atoms with Crippen molar-refractivity contribution in [1.82, 2.24) is 14.5 Å². The minimum absolute atomic E-state index is 0.00117. The van der Waals surface area contributed by atoms with Gasteiger partial charge < -0.3 is 184 Å². The second-order valence-corrected chi connectivity index (χ2v) is 25.1. The van der Waals surface area contributed by atoms with Crippen molar-refractivity contribution in [2.24, 2.45) is 7.05 Å². The molecule has 42 heteroatoms. The third-order valence-corrected chi connectivity index (χ3v) is 19.0. The molecule has 22 aliphatic rings. The number of anilines is 4. The van der Waals surface area contributed by atoms with E-state index in [1.165, 1.54) is 7.05 Å². The van der Waals surface area contributed by atoms with E-state index < -0.39 is 285 Å². The van der Waals surface area contributed by atoms with E-state index in [-0.39, 0.29) is 18.1 Å². The first kappa shape index (κ1) is 75.8. The molecule has 14 bridgehead atoms. The SMILES string of the molecule is CCN1c2ccccc2Nc2c1c(=O)n(C)c(=O)n2CC(=O)NC[C@H]1O[C@@H]2O[C@H]3[C@H](O)[C@@H](O)[C@@H](O[C@H]4[C@H](O)[C@@H](O)[C@@H](O[C@H]5[C@H](O)[C@@H](O)[C@@H](O[C@H]6[C@H](O)[C@@H](O)[C@@H](O[C@H]7[C@H](O)[C@@H](O)[C@@H](O[C@H]8[C@H](O)[C@@H](O)[C@@H](O[C@H]1[C@H](O)[C@H]2O)O[C@@H]8CO)O[C@@H]7CO)O[C@@H]6CO)O[C@@H]5CO)O[C@@H]4CO)O[C@@H]3CO. The number of benzene rings is 1. The van der Waals surface area contributed by atoms with Crippen molar-refractivity contribution < 1.29 is 173 Å². The summed E-state index contributed by atoms with van der Waals surface area (Å²) in [5.41, 5.74) is -0.628. The number of carbonyl (C=O) groups is 1. The molecule has 560 valence electrons. The molecule has 0 spiro atoms. The molecule has 23 heterocycles. The number of aliphatic hydroxyl groups excluding tert-OH is 20. The van der Waals surface area contributed by atoms with E-state index in [1.54, 1.807) is 36.1 Å². The molecule has 42 nitrogen and oxygen atoms in total. The summed E-state index contributed by atoms with van der Waals surface area (Å²) in [6.07, 6.45) is -73.2. The minimum Gasteiger partial charge on any atom is -0.394 e. The first-order chi connectivity index (χ1) is 47.2. The predicted molar refractivity (Wildman–Crippen MR) is 313 cm³/mol. The summed E-state index contributed by atoms with van der Waals surface area (Å²) >= 11 is 0. The summed E-state index contributed by atoms with van der Waals surface area (Å²) in [5, 5.41) is 231. The van der Waals surface area contributed by atoms with Gasteiger partial charge in [-0.1, -0.05) is 12.1 Å². The standard InChI is InChI=1S/C57H85N5O37/c1-3-61-17-7-5-4-6-16(17)59-48-26(61)49(84)60(2)57(85)62(48)9-25(69)58-8-18-41-27(70)34(77)50(86-18)94-42-19(10-63)88-52(36(79)29(42)72)96-44-21(12-65)90-54(38(81)31(44)74)98-46-23(14-67)92-56(40(83)33(46)76)99-47-24(15-68)91-55(39(82)32(47)75)97-45-22(13-66)89-53(37(80)30(45)73)95-43-20(11-64)87-51(93-41)35(78)28(43)71/h4-7,18-24,27-47,50-56,59,63-68,70-83H,3,8-15H2,1-2H3,(H,58,69)/t18-,19-,20-,21-,22-,23-,24-,27-,28-,29-,30-,31-,32-,33-,34-,35-,36-,37-,38-,39-,40-,41-,42-,43-,44-,45-,46-,47-,50-,51-,52-,53-,54-,55-,56-/m1/s1. The van der Waals surface area contributed by atoms with Crippen LogP contribution in [-0.2, 0) is 84.7 Å². The number of hydrogen-bond acceptors (Lipinski definition) is 39. The quantitative estimate of drug-likeness (QED) is 0.0993. The number of aromatic nitrogens is 2. The maximum absolute atomic E-state index is 14.2. The lowest BCUT2D eigenvalue weighted by molar-refractivity contribution is -0.396. The van der Waals surface area contributed by atoms with Crippen LogP contribution in [0.5, 0.6) is 0 Å². The van der Waals surface area contributed by atoms with Crippen molar-refractivity contribution in [2.45, 2.75) is 228 Å². The predicted octanol–water partition coefficient (Wildman–Crippen LogP) is -14.3. The average molecular weight is 1430 g/mol. The van der Waals surface area contributed by atoms with E-state index in [1.807, 2.05) is 0 Å². The first-order valence-electron chi connectivity index (χ1n) is 31.8. The minimum atomic E-state index is -2.36. The molecule has 21 fully saturated rings. The van der Waals surface area contributed by atoms with E-state index in [4.69, 9.17) is 66.3 Å². The number of ether oxygens (including phenoxy) is 14. The van der Waals surface area contributed by atoms with Gasteiger partial charge in [0.05, 0.1) is 51.0 Å². The van der Waals surface area contributed by atoms with Gasteiger partial charge in [-0.2, -0.15) is 0 Å². The molecule has 1 aromatic carbocycles. The zero-order chi connectivity index (χ0) is 71.5. The third-order valence-electron chi connectivity index (χ3n) is 19.0. The number of hydrogen-bond donors (Lipinski definition) is 22. The zero-order valence-corrected chi connectivity index (χ0v) is 52.6. The van der Waals surface area contributed by atoms with Crippen molar-refractivity contribution in [3.05, 3.63) is 45.1 Å². The second-order valence-electron chi connectivity index (χ2n) is 25.1. The molecular weight excluding hydrogens is 1350 g/mol. The first-order valence-corrected chi connectivity index (χ1v) is 31.8. The van der Waals surface area contributed by atoms with E-state index in [9.17, 15) is 117 Å². The van der Waals surface area contributed by atoms with E-state index >= 15 is 0 Å². The maximum atomic E-state index is 14.2. The van der Waals surface area contributed by atoms with Gasteiger partial charge in [0.2, 0.25) is 5.91 Å². The van der Waals surface area contributed by atoms with Crippen LogP contribution in [0.25, 0.3) is 0 Å². The topological polar surface area (TPSA) is 622 Å². The molecule has 2 aromatic rings. The highest BCUT2D eigenvalue weighted by Crippen LogP contribution is 2.43. The molecule has 24 rings (SSSR count). The van der Waals surface area contributed by atoms with Gasteiger partial charge in [-0.25, -0.2) is 4.79 Å². The lowest BCUT2D eigenvalue weighted by atomic mass is 9.95. The molecule has 21 saturated heterocycles. The Balaban J connectivity index is 0.895. The molecule has 1 aromatic heterocycles. The Bertz CT molecular complexity index is 3150. The van der Waals surface area contributed by atoms with E-state index in [0.29, 0.717) is 11.4 Å². The number of nitrogens with one attached hydrogen (secondary N) is 2. The fourth-order valence-corrected chi connectivity index (χ4v) is 13.5. The van der Waals surface area contributed by atoms with Crippen LogP contribution in [0, 0.1) is 0 Å². The Morgan fingerprint density at radius 1 is 0.414 bits per heavy atom. The Morgan fingerprint density at radius 2 is 0.687 bits per heavy atom. The average Bonchev–Trinajstić information content (AvgIpc) is 0.747. The fraction of sp³-hybridized carbons (Fsp3) is 0.807. The van der Waals surface area contributed by atoms with Gasteiger partial charge >= 0.3 is 5.69 Å². The van der Waals surface area contributed by atoms with Crippen molar-refractivity contribution >= 4 is 28.8 Å². The maximum Gasteiger partial charge on any atom is 0.332 e. The number of fused-ring (bicyclic) bond motifs is 2. The number of carbonyl (C=O) groups excluding carboxylic acids is 1. The van der Waals surface area contributed by atoms with E-state index in [2.05, 4.69) is 10.6 Å². The molecular formula is C57H85N5O37. The highest BCUT2D eigenvalue weighted by molar-refractivity contribution is 5.90. The molecule has 0 radical (unpaired) electrons. The highest BCUT2D eigenvalue weighted by Gasteiger charge is 2.60. The molecule has 1 amide bonds. The van der Waals surface area contributed by atoms with Crippen LogP contribution in [0.1, 0.15) is 6.92 Å². The van der Waals surface area contributed by atoms with Crippen molar-refractivity contribution in [3.8, 4) is 0 Å². The number of para-hydroxylation sites is 2. The summed E-state index contributed by atoms with van der Waals surface area (Å²) in [7, 11) is 1.19. The van der Waals surface area contributed by atoms with Gasteiger partial charge in [-0.15, -0.1) is 0 Å². The van der Waals surface area contributed by atoms with E-state index in [0.717, 1.165) is 9.13 Å². The third kappa shape index (κ3) is 14.4. The lowest BCUT2D eigenvalue weighted by Gasteiger charge is -2.50. The summed E-state index contributed by atoms with van der Waals surface area (Å²) in [6.45, 7) is -6.28. The van der Waals surface area contributed by atoms with Crippen LogP contribution in [0.3, 0.4) is 0 Å². The highest BCUT2D eigenvalue weighted by atomic mass is 16.8. The number of rotatable bonds is 11. The largest absolute Gasteiger partial charge is 0.394 e. The normalized spacial score (nSPS) is 46.0. The number of nitrogens with zero attached hydrogens (tertiary/aromatic N) is 3. The zero-order valence-electron chi connectivity index (χ0n) is 52.6.